The second-order valence-electron chi connectivity index (χ2n) is 5.60. The van der Waals surface area contributed by atoms with E-state index < -0.39 is 0 Å². The molecule has 0 radical (unpaired) electrons. The number of aromatic amines is 1. The van der Waals surface area contributed by atoms with Crippen molar-refractivity contribution >= 4 is 5.91 Å². The summed E-state index contributed by atoms with van der Waals surface area (Å²) in [6.07, 6.45) is 9.01. The number of H-pyrrole nitrogens is 1. The molecule has 3 rings (SSSR count). The van der Waals surface area contributed by atoms with E-state index in [0.29, 0.717) is 0 Å². The first-order chi connectivity index (χ1) is 10.3. The van der Waals surface area contributed by atoms with E-state index in [4.69, 9.17) is 0 Å². The van der Waals surface area contributed by atoms with Gasteiger partial charge < -0.3 is 10.3 Å². The zero-order valence-corrected chi connectivity index (χ0v) is 12.4. The molecule has 0 spiro atoms. The number of imidazole rings is 1. The molecule has 4 heteroatoms. The molecule has 2 N–H and O–H groups in total. The van der Waals surface area contributed by atoms with Crippen molar-refractivity contribution in [3.63, 3.8) is 0 Å². The number of amides is 1. The standard InChI is InChI=1S/C17H21N3O/c1-2-15(16-18-9-10-19-16)20-17(21)14-8-7-12-5-3-4-6-13(12)11-14/h7-11,15H,2-6H2,1H3,(H,18,19)(H,20,21). The van der Waals surface area contributed by atoms with Crippen LogP contribution < -0.4 is 5.32 Å². The van der Waals surface area contributed by atoms with E-state index in [2.05, 4.69) is 27.4 Å². The summed E-state index contributed by atoms with van der Waals surface area (Å²) in [5.74, 6) is 0.787. The molecule has 1 atom stereocenters. The molecular weight excluding hydrogens is 262 g/mol. The number of aromatic nitrogens is 2. The van der Waals surface area contributed by atoms with Gasteiger partial charge in [-0.1, -0.05) is 13.0 Å². The fourth-order valence-corrected chi connectivity index (χ4v) is 2.95. The van der Waals surface area contributed by atoms with Crippen molar-refractivity contribution in [3.05, 3.63) is 53.1 Å². The molecule has 0 fully saturated rings. The number of nitrogens with zero attached hydrogens (tertiary/aromatic N) is 1. The maximum Gasteiger partial charge on any atom is 0.251 e. The van der Waals surface area contributed by atoms with E-state index in [1.165, 1.54) is 24.0 Å². The third kappa shape index (κ3) is 2.99. The minimum absolute atomic E-state index is 0.0216. The third-order valence-electron chi connectivity index (χ3n) is 4.17. The predicted octanol–water partition coefficient (Wildman–Crippen LogP) is 3.17. The summed E-state index contributed by atoms with van der Waals surface area (Å²) in [6.45, 7) is 2.04. The topological polar surface area (TPSA) is 57.8 Å². The number of carbonyl (C=O) groups excluding carboxylic acids is 1. The lowest BCUT2D eigenvalue weighted by molar-refractivity contribution is 0.0933. The first-order valence-electron chi connectivity index (χ1n) is 7.70. The lowest BCUT2D eigenvalue weighted by Crippen LogP contribution is -2.29. The van der Waals surface area contributed by atoms with Gasteiger partial charge in [-0.25, -0.2) is 4.98 Å². The summed E-state index contributed by atoms with van der Waals surface area (Å²) in [6, 6.07) is 6.04. The Morgan fingerprint density at radius 3 is 2.86 bits per heavy atom. The van der Waals surface area contributed by atoms with Gasteiger partial charge in [0.2, 0.25) is 0 Å². The van der Waals surface area contributed by atoms with Crippen LogP contribution in [0.1, 0.15) is 59.5 Å². The van der Waals surface area contributed by atoms with E-state index in [9.17, 15) is 4.79 Å². The molecule has 2 aromatic rings. The van der Waals surface area contributed by atoms with Crippen LogP contribution in [0.5, 0.6) is 0 Å². The lowest BCUT2D eigenvalue weighted by atomic mass is 9.90. The van der Waals surface area contributed by atoms with Crippen LogP contribution in [0.25, 0.3) is 0 Å². The van der Waals surface area contributed by atoms with E-state index >= 15 is 0 Å². The molecule has 0 bridgehead atoms. The Morgan fingerprint density at radius 1 is 1.33 bits per heavy atom. The van der Waals surface area contributed by atoms with Crippen LogP contribution in [0.4, 0.5) is 0 Å². The second kappa shape index (κ2) is 6.12. The number of rotatable bonds is 4. The molecule has 1 amide bonds. The van der Waals surface area contributed by atoms with Crippen LogP contribution in [-0.2, 0) is 12.8 Å². The van der Waals surface area contributed by atoms with Gasteiger partial charge in [-0.2, -0.15) is 0 Å². The largest absolute Gasteiger partial charge is 0.347 e. The first-order valence-corrected chi connectivity index (χ1v) is 7.70. The van der Waals surface area contributed by atoms with Crippen LogP contribution in [0.3, 0.4) is 0 Å². The van der Waals surface area contributed by atoms with Gasteiger partial charge in [0.15, 0.2) is 0 Å². The zero-order chi connectivity index (χ0) is 14.7. The number of hydrogen-bond donors (Lipinski definition) is 2. The van der Waals surface area contributed by atoms with E-state index in [0.717, 1.165) is 30.7 Å². The number of aryl methyl sites for hydroxylation is 2. The molecule has 1 unspecified atom stereocenters. The minimum Gasteiger partial charge on any atom is -0.347 e. The van der Waals surface area contributed by atoms with E-state index in [-0.39, 0.29) is 11.9 Å². The number of nitrogens with one attached hydrogen (secondary N) is 2. The van der Waals surface area contributed by atoms with E-state index in [1.807, 2.05) is 13.0 Å². The summed E-state index contributed by atoms with van der Waals surface area (Å²) in [4.78, 5) is 19.7. The highest BCUT2D eigenvalue weighted by atomic mass is 16.1. The molecule has 0 saturated carbocycles. The third-order valence-corrected chi connectivity index (χ3v) is 4.17. The zero-order valence-electron chi connectivity index (χ0n) is 12.4. The summed E-state index contributed by atoms with van der Waals surface area (Å²) >= 11 is 0. The molecule has 0 saturated heterocycles. The van der Waals surface area contributed by atoms with Gasteiger partial charge in [0, 0.05) is 18.0 Å². The van der Waals surface area contributed by atoms with Crippen molar-refractivity contribution in [2.45, 2.75) is 45.1 Å². The maximum atomic E-state index is 12.4. The highest BCUT2D eigenvalue weighted by molar-refractivity contribution is 5.94. The molecule has 1 heterocycles. The fourth-order valence-electron chi connectivity index (χ4n) is 2.95. The molecule has 1 aliphatic carbocycles. The van der Waals surface area contributed by atoms with Gasteiger partial charge in [-0.05, 0) is 55.4 Å². The SMILES string of the molecule is CCC(NC(=O)c1ccc2c(c1)CCCC2)c1ncc[nH]1. The molecule has 1 aliphatic rings. The highest BCUT2D eigenvalue weighted by Crippen LogP contribution is 2.22. The predicted molar refractivity (Wildman–Crippen MR) is 82.2 cm³/mol. The Balaban J connectivity index is 1.75. The number of fused-ring (bicyclic) bond motifs is 1. The average molecular weight is 283 g/mol. The van der Waals surface area contributed by atoms with Crippen LogP contribution in [-0.4, -0.2) is 15.9 Å². The quantitative estimate of drug-likeness (QED) is 0.905. The van der Waals surface area contributed by atoms with Crippen molar-refractivity contribution in [1.82, 2.24) is 15.3 Å². The summed E-state index contributed by atoms with van der Waals surface area (Å²) < 4.78 is 0. The van der Waals surface area contributed by atoms with Crippen LogP contribution >= 0.6 is 0 Å². The lowest BCUT2D eigenvalue weighted by Gasteiger charge is -2.18. The van der Waals surface area contributed by atoms with Crippen LogP contribution in [0.15, 0.2) is 30.6 Å². The molecule has 110 valence electrons. The van der Waals surface area contributed by atoms with Crippen LogP contribution in [0.2, 0.25) is 0 Å². The minimum atomic E-state index is -0.0662. The van der Waals surface area contributed by atoms with Crippen LogP contribution in [0, 0.1) is 0 Å². The highest BCUT2D eigenvalue weighted by Gasteiger charge is 2.17. The Kier molecular flexibility index (Phi) is 4.04. The molecule has 1 aromatic heterocycles. The van der Waals surface area contributed by atoms with Gasteiger partial charge in [-0.3, -0.25) is 4.79 Å². The Hall–Kier alpha value is -2.10. The maximum absolute atomic E-state index is 12.4. The molecular formula is C17H21N3O. The normalized spacial score (nSPS) is 15.3. The van der Waals surface area contributed by atoms with Gasteiger partial charge in [0.05, 0.1) is 6.04 Å². The number of carbonyl (C=O) groups is 1. The first kappa shape index (κ1) is 13.9. The van der Waals surface area contributed by atoms with Gasteiger partial charge in [0.25, 0.3) is 5.91 Å². The van der Waals surface area contributed by atoms with Crippen molar-refractivity contribution < 1.29 is 4.79 Å². The van der Waals surface area contributed by atoms with Crippen molar-refractivity contribution in [2.75, 3.05) is 0 Å². The average Bonchev–Trinajstić information content (AvgIpc) is 3.06. The number of hydrogen-bond acceptors (Lipinski definition) is 2. The van der Waals surface area contributed by atoms with Crippen molar-refractivity contribution in [2.24, 2.45) is 0 Å². The smallest absolute Gasteiger partial charge is 0.251 e. The number of benzene rings is 1. The summed E-state index contributed by atoms with van der Waals surface area (Å²) in [7, 11) is 0. The molecule has 1 aromatic carbocycles. The molecule has 0 aliphatic heterocycles. The van der Waals surface area contributed by atoms with Gasteiger partial charge in [-0.15, -0.1) is 0 Å². The fraction of sp³-hybridized carbons (Fsp3) is 0.412. The van der Waals surface area contributed by atoms with Crippen molar-refractivity contribution in [3.8, 4) is 0 Å². The van der Waals surface area contributed by atoms with Crippen molar-refractivity contribution in [1.29, 1.82) is 0 Å². The Bertz CT molecular complexity index is 619. The Labute approximate surface area is 125 Å². The Morgan fingerprint density at radius 2 is 2.14 bits per heavy atom. The summed E-state index contributed by atoms with van der Waals surface area (Å²) in [5.41, 5.74) is 3.48. The van der Waals surface area contributed by atoms with Gasteiger partial charge >= 0.3 is 0 Å². The van der Waals surface area contributed by atoms with E-state index in [1.54, 1.807) is 12.4 Å². The summed E-state index contributed by atoms with van der Waals surface area (Å²) in [5, 5.41) is 3.06. The molecule has 21 heavy (non-hydrogen) atoms. The molecule has 4 nitrogen and oxygen atoms in total. The second-order valence-corrected chi connectivity index (χ2v) is 5.60. The van der Waals surface area contributed by atoms with Gasteiger partial charge in [0.1, 0.15) is 5.82 Å². The monoisotopic (exact) mass is 283 g/mol.